The van der Waals surface area contributed by atoms with Crippen molar-refractivity contribution in [2.45, 2.75) is 31.6 Å². The molecule has 9 nitrogen and oxygen atoms in total. The molecule has 0 bridgehead atoms. The Kier molecular flexibility index (Phi) is 5.14. The first kappa shape index (κ1) is 18.2. The molecule has 1 aromatic heterocycles. The average Bonchev–Trinajstić information content (AvgIpc) is 3.18. The van der Waals surface area contributed by atoms with Gasteiger partial charge in [-0.2, -0.15) is 9.41 Å². The van der Waals surface area contributed by atoms with E-state index in [0.29, 0.717) is 18.8 Å². The third-order valence-electron chi connectivity index (χ3n) is 4.16. The number of hydrogen-bond donors (Lipinski definition) is 2. The predicted molar refractivity (Wildman–Crippen MR) is 97.7 cm³/mol. The lowest BCUT2D eigenvalue weighted by molar-refractivity contribution is 0.477. The number of rotatable bonds is 5. The van der Waals surface area contributed by atoms with Crippen molar-refractivity contribution in [3.05, 3.63) is 45.9 Å². The normalized spacial score (nSPS) is 16.0. The predicted octanol–water partition coefficient (Wildman–Crippen LogP) is 1.09. The number of H-pyrrole nitrogens is 1. The summed E-state index contributed by atoms with van der Waals surface area (Å²) in [4.78, 5) is 14.3. The number of benzene rings is 1. The van der Waals surface area contributed by atoms with Gasteiger partial charge in [-0.05, 0) is 44.4 Å². The number of sulfonamides is 1. The van der Waals surface area contributed by atoms with E-state index in [-0.39, 0.29) is 22.1 Å². The van der Waals surface area contributed by atoms with Gasteiger partial charge in [-0.3, -0.25) is 9.78 Å². The van der Waals surface area contributed by atoms with Crippen molar-refractivity contribution in [3.8, 4) is 0 Å². The molecule has 2 heterocycles. The van der Waals surface area contributed by atoms with Crippen molar-refractivity contribution >= 4 is 21.7 Å². The lowest BCUT2D eigenvalue weighted by Gasteiger charge is -2.15. The summed E-state index contributed by atoms with van der Waals surface area (Å²) in [6.07, 6.45) is 1.80. The van der Waals surface area contributed by atoms with Crippen LogP contribution >= 0.6 is 0 Å². The Balaban J connectivity index is 1.74. The van der Waals surface area contributed by atoms with Crippen molar-refractivity contribution in [2.24, 2.45) is 5.10 Å². The van der Waals surface area contributed by atoms with Gasteiger partial charge >= 0.3 is 0 Å². The molecular formula is C16H20N6O3S. The quantitative estimate of drug-likeness (QED) is 0.595. The molecule has 0 aliphatic carbocycles. The Hall–Kier alpha value is -2.59. The fourth-order valence-electron chi connectivity index (χ4n) is 2.59. The van der Waals surface area contributed by atoms with Gasteiger partial charge in [0.05, 0.1) is 10.6 Å². The van der Waals surface area contributed by atoms with Crippen LogP contribution < -0.4 is 11.0 Å². The Bertz CT molecular complexity index is 976. The maximum Gasteiger partial charge on any atom is 0.274 e. The van der Waals surface area contributed by atoms with Crippen LogP contribution in [0.25, 0.3) is 0 Å². The second kappa shape index (κ2) is 7.34. The number of aromatic nitrogens is 3. The highest BCUT2D eigenvalue weighted by atomic mass is 32.2. The first-order valence-corrected chi connectivity index (χ1v) is 9.66. The summed E-state index contributed by atoms with van der Waals surface area (Å²) in [6.45, 7) is 4.47. The zero-order chi connectivity index (χ0) is 18.7. The minimum Gasteiger partial charge on any atom is -0.288 e. The van der Waals surface area contributed by atoms with Gasteiger partial charge in [-0.15, -0.1) is 10.2 Å². The highest BCUT2D eigenvalue weighted by Crippen LogP contribution is 2.21. The third kappa shape index (κ3) is 3.81. The molecule has 26 heavy (non-hydrogen) atoms. The molecule has 138 valence electrons. The van der Waals surface area contributed by atoms with Crippen molar-refractivity contribution in [3.63, 3.8) is 0 Å². The molecule has 1 aliphatic heterocycles. The van der Waals surface area contributed by atoms with Crippen LogP contribution in [0.15, 0.2) is 39.1 Å². The maximum atomic E-state index is 12.5. The summed E-state index contributed by atoms with van der Waals surface area (Å²) in [5.74, 6) is 0.133. The number of nitrogens with zero attached hydrogens (tertiary/aromatic N) is 4. The van der Waals surface area contributed by atoms with Gasteiger partial charge < -0.3 is 0 Å². The van der Waals surface area contributed by atoms with Crippen molar-refractivity contribution < 1.29 is 8.42 Å². The number of nitrogens with one attached hydrogen (secondary N) is 2. The molecule has 2 aromatic rings. The molecule has 0 saturated carbocycles. The highest BCUT2D eigenvalue weighted by Gasteiger charge is 2.26. The fourth-order valence-corrected chi connectivity index (χ4v) is 4.11. The number of hydrogen-bond acceptors (Lipinski definition) is 7. The average molecular weight is 376 g/mol. The number of aryl methyl sites for hydroxylation is 1. The first-order chi connectivity index (χ1) is 12.4. The Morgan fingerprint density at radius 2 is 1.85 bits per heavy atom. The van der Waals surface area contributed by atoms with Crippen LogP contribution in [0.1, 0.15) is 31.0 Å². The standard InChI is InChI=1S/C16H20N6O3S/c1-11(18-20-16-17-15(23)12(2)19-21-16)13-5-7-14(8-6-13)26(24,25)22-9-3-4-10-22/h5-8H,3-4,9-10H2,1-2H3,(H2,17,20,21,23)/b18-11+. The van der Waals surface area contributed by atoms with E-state index in [0.717, 1.165) is 18.4 Å². The molecule has 0 amide bonds. The van der Waals surface area contributed by atoms with E-state index in [4.69, 9.17) is 0 Å². The first-order valence-electron chi connectivity index (χ1n) is 8.22. The van der Waals surface area contributed by atoms with Crippen LogP contribution in [0.4, 0.5) is 5.95 Å². The van der Waals surface area contributed by atoms with Gasteiger partial charge in [0, 0.05) is 13.1 Å². The van der Waals surface area contributed by atoms with Crippen LogP contribution in [0.3, 0.4) is 0 Å². The minimum absolute atomic E-state index is 0.133. The fraction of sp³-hybridized carbons (Fsp3) is 0.375. The summed E-state index contributed by atoms with van der Waals surface area (Å²) < 4.78 is 26.6. The zero-order valence-corrected chi connectivity index (χ0v) is 15.4. The molecule has 0 spiro atoms. The van der Waals surface area contributed by atoms with E-state index >= 15 is 0 Å². The van der Waals surface area contributed by atoms with Crippen molar-refractivity contribution in [2.75, 3.05) is 18.5 Å². The summed E-state index contributed by atoms with van der Waals surface area (Å²) in [7, 11) is -3.43. The van der Waals surface area contributed by atoms with E-state index in [1.807, 2.05) is 0 Å². The topological polar surface area (TPSA) is 120 Å². The smallest absolute Gasteiger partial charge is 0.274 e. The van der Waals surface area contributed by atoms with E-state index in [9.17, 15) is 13.2 Å². The molecule has 1 aromatic carbocycles. The highest BCUT2D eigenvalue weighted by molar-refractivity contribution is 7.89. The molecular weight excluding hydrogens is 356 g/mol. The van der Waals surface area contributed by atoms with E-state index < -0.39 is 10.0 Å². The van der Waals surface area contributed by atoms with Gasteiger partial charge in [0.1, 0.15) is 5.69 Å². The van der Waals surface area contributed by atoms with Crippen LogP contribution in [0.2, 0.25) is 0 Å². The SMILES string of the molecule is C/C(=N\Nc1nnc(C)c(=O)[nH]1)c1ccc(S(=O)(=O)N2CCCC2)cc1. The molecule has 3 rings (SSSR count). The van der Waals surface area contributed by atoms with Crippen LogP contribution in [0.5, 0.6) is 0 Å². The minimum atomic E-state index is -3.43. The Labute approximate surface area is 151 Å². The van der Waals surface area contributed by atoms with E-state index in [1.165, 1.54) is 4.31 Å². The lowest BCUT2D eigenvalue weighted by Crippen LogP contribution is -2.27. The molecule has 0 atom stereocenters. The van der Waals surface area contributed by atoms with E-state index in [2.05, 4.69) is 25.7 Å². The van der Waals surface area contributed by atoms with Crippen molar-refractivity contribution in [1.82, 2.24) is 19.5 Å². The van der Waals surface area contributed by atoms with Crippen LogP contribution in [-0.2, 0) is 10.0 Å². The van der Waals surface area contributed by atoms with Gasteiger partial charge in [0.15, 0.2) is 0 Å². The second-order valence-corrected chi connectivity index (χ2v) is 7.97. The van der Waals surface area contributed by atoms with Gasteiger partial charge in [-0.25, -0.2) is 13.8 Å². The lowest BCUT2D eigenvalue weighted by atomic mass is 10.1. The summed E-state index contributed by atoms with van der Waals surface area (Å²) in [6, 6.07) is 6.56. The summed E-state index contributed by atoms with van der Waals surface area (Å²) in [5, 5.41) is 11.6. The second-order valence-electron chi connectivity index (χ2n) is 6.03. The van der Waals surface area contributed by atoms with Gasteiger partial charge in [-0.1, -0.05) is 12.1 Å². The number of hydrazone groups is 1. The van der Waals surface area contributed by atoms with Crippen LogP contribution in [-0.4, -0.2) is 46.7 Å². The molecule has 1 fully saturated rings. The number of aromatic amines is 1. The molecule has 0 unspecified atom stereocenters. The zero-order valence-electron chi connectivity index (χ0n) is 14.6. The summed E-state index contributed by atoms with van der Waals surface area (Å²) >= 11 is 0. The molecule has 0 radical (unpaired) electrons. The summed E-state index contributed by atoms with van der Waals surface area (Å²) in [5.41, 5.74) is 3.92. The Morgan fingerprint density at radius 1 is 1.19 bits per heavy atom. The largest absolute Gasteiger partial charge is 0.288 e. The molecule has 10 heteroatoms. The maximum absolute atomic E-state index is 12.5. The third-order valence-corrected chi connectivity index (χ3v) is 6.08. The van der Waals surface area contributed by atoms with Gasteiger partial charge in [0.2, 0.25) is 16.0 Å². The molecule has 2 N–H and O–H groups in total. The monoisotopic (exact) mass is 376 g/mol. The van der Waals surface area contributed by atoms with Gasteiger partial charge in [0.25, 0.3) is 5.56 Å². The molecule has 1 saturated heterocycles. The van der Waals surface area contributed by atoms with Crippen LogP contribution in [0, 0.1) is 6.92 Å². The Morgan fingerprint density at radius 3 is 2.46 bits per heavy atom. The number of anilines is 1. The van der Waals surface area contributed by atoms with E-state index in [1.54, 1.807) is 38.1 Å². The molecule has 1 aliphatic rings. The van der Waals surface area contributed by atoms with Crippen molar-refractivity contribution in [1.29, 1.82) is 0 Å².